The first kappa shape index (κ1) is 13.3. The molecule has 0 aliphatic heterocycles. The minimum atomic E-state index is -1.08. The van der Waals surface area contributed by atoms with Gasteiger partial charge in [0, 0.05) is 5.92 Å². The number of hydrogen-bond donors (Lipinski definition) is 0. The summed E-state index contributed by atoms with van der Waals surface area (Å²) < 4.78 is 25.2. The van der Waals surface area contributed by atoms with Gasteiger partial charge in [-0.05, 0) is 24.3 Å². The van der Waals surface area contributed by atoms with Gasteiger partial charge >= 0.3 is 0 Å². The minimum absolute atomic E-state index is 0.429. The third-order valence-electron chi connectivity index (χ3n) is 2.26. The first-order chi connectivity index (χ1) is 6.67. The lowest BCUT2D eigenvalue weighted by Gasteiger charge is -2.22. The fourth-order valence-corrected chi connectivity index (χ4v) is 1.40. The zero-order chi connectivity index (χ0) is 11.0. The second kappa shape index (κ2) is 7.68. The van der Waals surface area contributed by atoms with E-state index in [-0.39, 0.29) is 0 Å². The molecule has 3 heteroatoms. The summed E-state index contributed by atoms with van der Waals surface area (Å²) in [6, 6.07) is 0. The van der Waals surface area contributed by atoms with Crippen molar-refractivity contribution >= 4 is 0 Å². The summed E-state index contributed by atoms with van der Waals surface area (Å²) in [6.07, 6.45) is 4.30. The highest BCUT2D eigenvalue weighted by Crippen LogP contribution is 2.22. The average molecular weight is 204 g/mol. The van der Waals surface area contributed by atoms with Crippen molar-refractivity contribution in [2.24, 2.45) is 5.92 Å². The van der Waals surface area contributed by atoms with E-state index >= 15 is 0 Å². The number of rotatable bonds is 7. The summed E-state index contributed by atoms with van der Waals surface area (Å²) in [4.78, 5) is 3.75. The summed E-state index contributed by atoms with van der Waals surface area (Å²) in [6.45, 7) is 6.70. The van der Waals surface area contributed by atoms with Crippen LogP contribution in [-0.2, 0) is 4.94 Å². The largest absolute Gasteiger partial charge is 0.247 e. The predicted molar refractivity (Wildman–Crippen MR) is 54.3 cm³/mol. The topological polar surface area (TPSA) is 9.23 Å². The Morgan fingerprint density at radius 1 is 1.50 bits per heavy atom. The van der Waals surface area contributed by atoms with Crippen LogP contribution in [0.2, 0.25) is 0 Å². The van der Waals surface area contributed by atoms with Crippen molar-refractivity contribution in [1.82, 2.24) is 0 Å². The van der Waals surface area contributed by atoms with Gasteiger partial charge in [-0.2, -0.15) is 4.94 Å². The Labute approximate surface area is 84.4 Å². The van der Waals surface area contributed by atoms with Gasteiger partial charge in [0.05, 0.1) is 0 Å². The van der Waals surface area contributed by atoms with Crippen molar-refractivity contribution in [3.8, 4) is 0 Å². The Morgan fingerprint density at radius 3 is 2.50 bits per heavy atom. The molecule has 0 aliphatic carbocycles. The molecular formula is C11H18F2O. The van der Waals surface area contributed by atoms with Gasteiger partial charge in [0.15, 0.2) is 0 Å². The molecule has 0 aliphatic rings. The van der Waals surface area contributed by atoms with Gasteiger partial charge in [0.25, 0.3) is 0 Å². The predicted octanol–water partition coefficient (Wildman–Crippen LogP) is 3.77. The van der Waals surface area contributed by atoms with E-state index in [0.29, 0.717) is 12.8 Å². The van der Waals surface area contributed by atoms with Gasteiger partial charge in [0.2, 0.25) is 0 Å². The molecule has 0 saturated heterocycles. The van der Waals surface area contributed by atoms with Gasteiger partial charge < -0.3 is 0 Å². The number of alkyl halides is 1. The molecule has 0 aromatic carbocycles. The van der Waals surface area contributed by atoms with Crippen molar-refractivity contribution in [2.45, 2.75) is 39.0 Å². The third-order valence-corrected chi connectivity index (χ3v) is 2.26. The lowest BCUT2D eigenvalue weighted by atomic mass is 9.92. The van der Waals surface area contributed by atoms with Crippen molar-refractivity contribution in [1.29, 1.82) is 0 Å². The van der Waals surface area contributed by atoms with E-state index in [0.717, 1.165) is 0 Å². The summed E-state index contributed by atoms with van der Waals surface area (Å²) in [5.41, 5.74) is 0. The van der Waals surface area contributed by atoms with E-state index in [1.807, 2.05) is 0 Å². The molecule has 14 heavy (non-hydrogen) atoms. The lowest BCUT2D eigenvalue weighted by Crippen LogP contribution is -2.27. The smallest absolute Gasteiger partial charge is 0.104 e. The number of allylic oxidation sites excluding steroid dienone is 3. The van der Waals surface area contributed by atoms with Gasteiger partial charge in [-0.15, -0.1) is 0 Å². The van der Waals surface area contributed by atoms with Crippen LogP contribution < -0.4 is 0 Å². The Morgan fingerprint density at radius 2 is 2.14 bits per heavy atom. The Balaban J connectivity index is 4.26. The van der Waals surface area contributed by atoms with Crippen molar-refractivity contribution in [3.05, 3.63) is 24.8 Å². The summed E-state index contributed by atoms with van der Waals surface area (Å²) >= 11 is 0. The number of hydrogen-bond acceptors (Lipinski definition) is 1. The maximum Gasteiger partial charge on any atom is 0.104 e. The molecular weight excluding hydrogens is 186 g/mol. The Bertz CT molecular complexity index is 174. The zero-order valence-electron chi connectivity index (χ0n) is 8.75. The molecule has 0 amide bonds. The molecule has 0 bridgehead atoms. The normalized spacial score (nSPS) is 18.0. The fourth-order valence-electron chi connectivity index (χ4n) is 1.40. The quantitative estimate of drug-likeness (QED) is 0.573. The second-order valence-corrected chi connectivity index (χ2v) is 3.28. The van der Waals surface area contributed by atoms with Gasteiger partial charge in [-0.25, -0.2) is 4.39 Å². The van der Waals surface area contributed by atoms with Crippen LogP contribution in [-0.4, -0.2) is 12.3 Å². The van der Waals surface area contributed by atoms with Crippen LogP contribution in [0, 0.1) is 5.92 Å². The molecule has 0 N–H and O–H groups in total. The van der Waals surface area contributed by atoms with Crippen LogP contribution in [0.5, 0.6) is 0 Å². The van der Waals surface area contributed by atoms with Crippen molar-refractivity contribution < 1.29 is 13.9 Å². The molecule has 0 fully saturated rings. The van der Waals surface area contributed by atoms with E-state index in [2.05, 4.69) is 11.5 Å². The molecule has 0 saturated carbocycles. The van der Waals surface area contributed by atoms with E-state index in [1.54, 1.807) is 25.2 Å². The lowest BCUT2D eigenvalue weighted by molar-refractivity contribution is -0.202. The Kier molecular flexibility index (Phi) is 7.30. The van der Waals surface area contributed by atoms with Gasteiger partial charge in [0.1, 0.15) is 12.3 Å². The van der Waals surface area contributed by atoms with Crippen LogP contribution >= 0.6 is 0 Å². The van der Waals surface area contributed by atoms with Crippen LogP contribution in [0.4, 0.5) is 8.92 Å². The summed E-state index contributed by atoms with van der Waals surface area (Å²) in [7, 11) is 0. The minimum Gasteiger partial charge on any atom is -0.247 e. The second-order valence-electron chi connectivity index (χ2n) is 3.28. The van der Waals surface area contributed by atoms with Crippen LogP contribution in [0.3, 0.4) is 0 Å². The highest BCUT2D eigenvalue weighted by molar-refractivity contribution is 4.98. The van der Waals surface area contributed by atoms with Crippen LogP contribution in [0.25, 0.3) is 0 Å². The standard InChI is InChI=1S/C11H18F2O/c1-4-6-7-8-10(9(3)12)11(5-2)14-13/h4,6-7,9-11H,1,5,8H2,2-3H3/b7-6-/t9-,10?,11-/m1/s1. The molecule has 0 aromatic rings. The van der Waals surface area contributed by atoms with Crippen molar-refractivity contribution in [3.63, 3.8) is 0 Å². The molecule has 0 heterocycles. The molecule has 0 aromatic heterocycles. The first-order valence-corrected chi connectivity index (χ1v) is 4.86. The van der Waals surface area contributed by atoms with E-state index < -0.39 is 18.2 Å². The molecule has 0 radical (unpaired) electrons. The van der Waals surface area contributed by atoms with Crippen LogP contribution in [0.15, 0.2) is 24.8 Å². The van der Waals surface area contributed by atoms with Gasteiger partial charge in [-0.3, -0.25) is 0 Å². The average Bonchev–Trinajstić information content (AvgIpc) is 2.17. The summed E-state index contributed by atoms with van der Waals surface area (Å²) in [5.74, 6) is -0.429. The van der Waals surface area contributed by atoms with E-state index in [9.17, 15) is 8.92 Å². The molecule has 3 atom stereocenters. The molecule has 0 rings (SSSR count). The molecule has 1 unspecified atom stereocenters. The Hall–Kier alpha value is -0.700. The maximum absolute atomic E-state index is 13.1. The maximum atomic E-state index is 13.1. The zero-order valence-corrected chi connectivity index (χ0v) is 8.75. The monoisotopic (exact) mass is 204 g/mol. The van der Waals surface area contributed by atoms with Crippen molar-refractivity contribution in [2.75, 3.05) is 0 Å². The molecule has 0 spiro atoms. The van der Waals surface area contributed by atoms with E-state index in [1.165, 1.54) is 6.92 Å². The molecule has 82 valence electrons. The highest BCUT2D eigenvalue weighted by Gasteiger charge is 2.26. The van der Waals surface area contributed by atoms with E-state index in [4.69, 9.17) is 0 Å². The molecule has 1 nitrogen and oxygen atoms in total. The first-order valence-electron chi connectivity index (χ1n) is 4.86. The van der Waals surface area contributed by atoms with Gasteiger partial charge in [-0.1, -0.05) is 31.7 Å². The fraction of sp³-hybridized carbons (Fsp3) is 0.636. The van der Waals surface area contributed by atoms with Crippen LogP contribution in [0.1, 0.15) is 26.7 Å². The third kappa shape index (κ3) is 4.51. The SMILES string of the molecule is C=C/C=C\CC([C@@H](C)F)[C@@H](CC)OF. The highest BCUT2D eigenvalue weighted by atomic mass is 19.3. The number of halogens is 2. The summed E-state index contributed by atoms with van der Waals surface area (Å²) in [5, 5.41) is 0.